The van der Waals surface area contributed by atoms with Crippen molar-refractivity contribution in [2.24, 2.45) is 7.05 Å². The van der Waals surface area contributed by atoms with Crippen molar-refractivity contribution >= 4 is 36.7 Å². The summed E-state index contributed by atoms with van der Waals surface area (Å²) in [6.45, 7) is 0. The number of rotatable bonds is 5. The molecule has 176 valence electrons. The zero-order valence-electron chi connectivity index (χ0n) is 18.9. The molecule has 1 heterocycles. The molecule has 33 heavy (non-hydrogen) atoms. The first-order valence-electron chi connectivity index (χ1n) is 10.8. The molecule has 0 spiro atoms. The van der Waals surface area contributed by atoms with Crippen molar-refractivity contribution in [3.63, 3.8) is 0 Å². The van der Waals surface area contributed by atoms with E-state index in [0.29, 0.717) is 10.9 Å². The predicted octanol–water partition coefficient (Wildman–Crippen LogP) is 3.39. The number of hydrogen-bond donors (Lipinski definition) is 0. The summed E-state index contributed by atoms with van der Waals surface area (Å²) in [6, 6.07) is 14.1. The lowest BCUT2D eigenvalue weighted by Crippen LogP contribution is -2.39. The fraction of sp³-hybridized carbons (Fsp3) is 0.391. The van der Waals surface area contributed by atoms with E-state index in [1.807, 2.05) is 23.9 Å². The molecule has 1 aliphatic rings. The maximum Gasteiger partial charge on any atom is 0.363 e. The standard InChI is InChI=1S/C23H28N3O4S3/c1-25-23(31-22(24-25)17-9-13-20(14-10-17)32(2,27)28)26(18-7-5-4-6-8-18)19-11-15-21(16-12-19)33(3,29)30/h9-16,18H,4-8H2,1-3H3/q+1. The van der Waals surface area contributed by atoms with Crippen LogP contribution in [0.2, 0.25) is 0 Å². The molecule has 0 bridgehead atoms. The first kappa shape index (κ1) is 23.8. The molecule has 0 atom stereocenters. The van der Waals surface area contributed by atoms with Crippen LogP contribution in [0.4, 0.5) is 5.69 Å². The van der Waals surface area contributed by atoms with Gasteiger partial charge in [0.05, 0.1) is 9.79 Å². The Labute approximate surface area is 198 Å². The van der Waals surface area contributed by atoms with Gasteiger partial charge in [0.25, 0.3) is 0 Å². The molecule has 1 fully saturated rings. The monoisotopic (exact) mass is 506 g/mol. The third kappa shape index (κ3) is 5.28. The van der Waals surface area contributed by atoms with Crippen LogP contribution in [0.3, 0.4) is 0 Å². The Hall–Kier alpha value is -2.30. The van der Waals surface area contributed by atoms with Crippen molar-refractivity contribution in [3.05, 3.63) is 53.3 Å². The first-order chi connectivity index (χ1) is 15.5. The highest BCUT2D eigenvalue weighted by Gasteiger charge is 2.26. The molecule has 0 aliphatic heterocycles. The Balaban J connectivity index is 1.85. The van der Waals surface area contributed by atoms with E-state index < -0.39 is 19.7 Å². The van der Waals surface area contributed by atoms with Crippen LogP contribution in [-0.2, 0) is 26.7 Å². The van der Waals surface area contributed by atoms with Gasteiger partial charge in [0.15, 0.2) is 24.7 Å². The Morgan fingerprint density at radius 1 is 0.848 bits per heavy atom. The highest BCUT2D eigenvalue weighted by molar-refractivity contribution is 7.91. The van der Waals surface area contributed by atoms with Crippen molar-refractivity contribution in [3.8, 4) is 10.6 Å². The average molecular weight is 507 g/mol. The van der Waals surface area contributed by atoms with Gasteiger partial charge in [-0.2, -0.15) is 0 Å². The van der Waals surface area contributed by atoms with E-state index in [0.717, 1.165) is 46.7 Å². The molecule has 1 aromatic heterocycles. The van der Waals surface area contributed by atoms with Crippen molar-refractivity contribution in [1.29, 1.82) is 0 Å². The number of benzene rings is 2. The minimum Gasteiger partial charge on any atom is -0.224 e. The molecule has 0 radical (unpaired) electrons. The van der Waals surface area contributed by atoms with E-state index in [4.69, 9.17) is 5.10 Å². The molecule has 0 amide bonds. The number of aromatic nitrogens is 2. The quantitative estimate of drug-likeness (QED) is 0.495. The van der Waals surface area contributed by atoms with Crippen LogP contribution in [-0.4, -0.2) is 45.2 Å². The fourth-order valence-electron chi connectivity index (χ4n) is 4.19. The summed E-state index contributed by atoms with van der Waals surface area (Å²) in [7, 11) is -4.62. The van der Waals surface area contributed by atoms with Crippen LogP contribution in [0.1, 0.15) is 32.1 Å². The van der Waals surface area contributed by atoms with Gasteiger partial charge in [-0.15, -0.1) is 4.68 Å². The van der Waals surface area contributed by atoms with E-state index in [1.165, 1.54) is 18.9 Å². The lowest BCUT2D eigenvalue weighted by atomic mass is 9.95. The minimum absolute atomic E-state index is 0.280. The van der Waals surface area contributed by atoms with Gasteiger partial charge in [-0.1, -0.05) is 23.7 Å². The molecule has 3 aromatic rings. The molecule has 0 unspecified atom stereocenters. The Morgan fingerprint density at radius 3 is 1.88 bits per heavy atom. The van der Waals surface area contributed by atoms with Crippen molar-refractivity contribution in [2.45, 2.75) is 47.9 Å². The van der Waals surface area contributed by atoms with Crippen LogP contribution in [0.5, 0.6) is 0 Å². The molecule has 2 aromatic carbocycles. The summed E-state index contributed by atoms with van der Waals surface area (Å²) >= 11 is 1.54. The van der Waals surface area contributed by atoms with E-state index in [9.17, 15) is 16.8 Å². The molecular formula is C23H28N3O4S3+. The second-order valence-electron chi connectivity index (χ2n) is 8.54. The molecule has 0 N–H and O–H groups in total. The molecule has 4 rings (SSSR count). The second-order valence-corrected chi connectivity index (χ2v) is 13.5. The van der Waals surface area contributed by atoms with Gasteiger partial charge in [0, 0.05) is 18.1 Å². The van der Waals surface area contributed by atoms with Gasteiger partial charge in [0.2, 0.25) is 0 Å². The largest absolute Gasteiger partial charge is 0.363 e. The summed E-state index contributed by atoms with van der Waals surface area (Å²) in [6.07, 6.45) is 8.07. The lowest BCUT2D eigenvalue weighted by Gasteiger charge is -2.22. The summed E-state index contributed by atoms with van der Waals surface area (Å²) in [5, 5.41) is 5.51. The number of nitrogens with zero attached hydrogens (tertiary/aromatic N) is 3. The van der Waals surface area contributed by atoms with Crippen LogP contribution in [0.25, 0.3) is 10.6 Å². The normalized spacial score (nSPS) is 16.6. The minimum atomic E-state index is -3.27. The summed E-state index contributed by atoms with van der Waals surface area (Å²) in [4.78, 5) is 1.54. The third-order valence-corrected chi connectivity index (χ3v) is 9.34. The van der Waals surface area contributed by atoms with E-state index >= 15 is 0 Å². The maximum absolute atomic E-state index is 11.9. The van der Waals surface area contributed by atoms with Crippen LogP contribution in [0, 0.1) is 0 Å². The van der Waals surface area contributed by atoms with Gasteiger partial charge >= 0.3 is 4.80 Å². The SMILES string of the molecule is Cn1nc(-c2ccc(S(C)(=O)=O)cc2)sc1=[N+](c1ccc(S(C)(=O)=O)cc1)C1CCCCC1. The zero-order chi connectivity index (χ0) is 23.8. The van der Waals surface area contributed by atoms with Crippen LogP contribution < -0.4 is 9.38 Å². The molecule has 0 saturated heterocycles. The fourth-order valence-corrected chi connectivity index (χ4v) is 6.57. The zero-order valence-corrected chi connectivity index (χ0v) is 21.4. The summed E-state index contributed by atoms with van der Waals surface area (Å²) in [5.41, 5.74) is 1.79. The first-order valence-corrected chi connectivity index (χ1v) is 15.4. The van der Waals surface area contributed by atoms with E-state index in [-0.39, 0.29) is 4.90 Å². The molecule has 10 heteroatoms. The molecule has 1 saturated carbocycles. The Morgan fingerprint density at radius 2 is 1.36 bits per heavy atom. The van der Waals surface area contributed by atoms with Gasteiger partial charge in [-0.05, 0) is 73.4 Å². The average Bonchev–Trinajstić information content (AvgIpc) is 3.15. The molecule has 7 nitrogen and oxygen atoms in total. The van der Waals surface area contributed by atoms with Gasteiger partial charge in [0.1, 0.15) is 18.8 Å². The Kier molecular flexibility index (Phi) is 6.61. The van der Waals surface area contributed by atoms with Gasteiger partial charge in [-0.3, -0.25) is 0 Å². The van der Waals surface area contributed by atoms with Crippen molar-refractivity contribution < 1.29 is 16.8 Å². The van der Waals surface area contributed by atoms with Crippen molar-refractivity contribution in [2.75, 3.05) is 12.5 Å². The lowest BCUT2D eigenvalue weighted by molar-refractivity contribution is 0.367. The maximum atomic E-state index is 11.9. The highest BCUT2D eigenvalue weighted by Crippen LogP contribution is 2.26. The number of hydrogen-bond acceptors (Lipinski definition) is 6. The third-order valence-electron chi connectivity index (χ3n) is 5.92. The van der Waals surface area contributed by atoms with E-state index in [1.54, 1.807) is 47.7 Å². The van der Waals surface area contributed by atoms with Crippen molar-refractivity contribution in [1.82, 2.24) is 14.4 Å². The van der Waals surface area contributed by atoms with Gasteiger partial charge in [-0.25, -0.2) is 21.4 Å². The number of sulfone groups is 2. The second kappa shape index (κ2) is 9.15. The highest BCUT2D eigenvalue weighted by atomic mass is 32.2. The summed E-state index contributed by atoms with van der Waals surface area (Å²) in [5.74, 6) is 0. The molecule has 1 aliphatic carbocycles. The summed E-state index contributed by atoms with van der Waals surface area (Å²) < 4.78 is 51.5. The number of aryl methyl sites for hydroxylation is 1. The van der Waals surface area contributed by atoms with Crippen LogP contribution in [0.15, 0.2) is 58.3 Å². The molecular weight excluding hydrogens is 478 g/mol. The van der Waals surface area contributed by atoms with Gasteiger partial charge < -0.3 is 0 Å². The van der Waals surface area contributed by atoms with Crippen LogP contribution >= 0.6 is 11.3 Å². The predicted molar refractivity (Wildman–Crippen MR) is 131 cm³/mol. The Bertz CT molecular complexity index is 1430. The van der Waals surface area contributed by atoms with E-state index in [2.05, 4.69) is 4.58 Å². The smallest absolute Gasteiger partial charge is 0.224 e. The topological polar surface area (TPSA) is 89.1 Å².